The molecule has 0 aliphatic carbocycles. The molecule has 4 rings (SSSR count). The molecule has 0 saturated carbocycles. The Morgan fingerprint density at radius 3 is 2.52 bits per heavy atom. The molecule has 0 atom stereocenters. The fraction of sp³-hybridized carbons (Fsp3) is 0.240. The number of nitrogens with zero attached hydrogens (tertiary/aromatic N) is 3. The Labute approximate surface area is 191 Å². The minimum Gasteiger partial charge on any atom is -0.491 e. The lowest BCUT2D eigenvalue weighted by Crippen LogP contribution is -2.19. The number of aromatic nitrogens is 3. The quantitative estimate of drug-likeness (QED) is 0.342. The summed E-state index contributed by atoms with van der Waals surface area (Å²) in [6, 6.07) is 18.6. The van der Waals surface area contributed by atoms with Gasteiger partial charge in [-0.1, -0.05) is 29.4 Å². The molecule has 2 aromatic heterocycles. The summed E-state index contributed by atoms with van der Waals surface area (Å²) in [5.41, 5.74) is 3.37. The number of hydrogen-bond donors (Lipinski definition) is 0. The van der Waals surface area contributed by atoms with Crippen LogP contribution in [-0.4, -0.2) is 42.1 Å². The summed E-state index contributed by atoms with van der Waals surface area (Å²) in [6.07, 6.45) is 1.73. The summed E-state index contributed by atoms with van der Waals surface area (Å²) in [6.45, 7) is 1.90. The van der Waals surface area contributed by atoms with E-state index < -0.39 is 0 Å². The molecule has 8 heteroatoms. The second kappa shape index (κ2) is 10.7. The Balaban J connectivity index is 1.52. The molecule has 0 aliphatic rings. The highest BCUT2D eigenvalue weighted by Crippen LogP contribution is 2.22. The third kappa shape index (κ3) is 5.74. The Morgan fingerprint density at radius 1 is 0.909 bits per heavy atom. The largest absolute Gasteiger partial charge is 0.491 e. The topological polar surface area (TPSA) is 88.6 Å². The van der Waals surface area contributed by atoms with Gasteiger partial charge >= 0.3 is 0 Å². The molecule has 0 unspecified atom stereocenters. The standard InChI is InChI=1S/C25H25N3O5/c1-30-12-13-32-22-5-3-4-19(14-22)15-28-16-21(10-11-23(28)29)24-26-25(33-27-24)20-8-6-18(7-9-20)17-31-2/h3-11,14,16H,12-13,15,17H2,1-2H3. The van der Waals surface area contributed by atoms with E-state index in [1.165, 1.54) is 6.07 Å². The molecular weight excluding hydrogens is 422 g/mol. The minimum atomic E-state index is -0.123. The number of methoxy groups -OCH3 is 2. The Bertz CT molecular complexity index is 1250. The van der Waals surface area contributed by atoms with Crippen molar-refractivity contribution in [3.63, 3.8) is 0 Å². The fourth-order valence-electron chi connectivity index (χ4n) is 3.33. The highest BCUT2D eigenvalue weighted by Gasteiger charge is 2.12. The van der Waals surface area contributed by atoms with E-state index in [9.17, 15) is 4.79 Å². The van der Waals surface area contributed by atoms with Crippen molar-refractivity contribution in [1.29, 1.82) is 0 Å². The van der Waals surface area contributed by atoms with Crippen LogP contribution in [0.4, 0.5) is 0 Å². The summed E-state index contributed by atoms with van der Waals surface area (Å²) in [5.74, 6) is 1.55. The Hall–Kier alpha value is -3.75. The van der Waals surface area contributed by atoms with Gasteiger partial charge in [0.05, 0.1) is 19.8 Å². The van der Waals surface area contributed by atoms with Crippen molar-refractivity contribution in [2.75, 3.05) is 27.4 Å². The number of hydrogen-bond acceptors (Lipinski definition) is 7. The molecule has 0 spiro atoms. The van der Waals surface area contributed by atoms with E-state index in [-0.39, 0.29) is 5.56 Å². The maximum atomic E-state index is 12.5. The number of ether oxygens (including phenoxy) is 3. The second-order valence-electron chi connectivity index (χ2n) is 7.43. The fourth-order valence-corrected chi connectivity index (χ4v) is 3.33. The van der Waals surface area contributed by atoms with Crippen LogP contribution in [0.15, 0.2) is 76.2 Å². The van der Waals surface area contributed by atoms with Crippen LogP contribution in [-0.2, 0) is 22.6 Å². The van der Waals surface area contributed by atoms with Crippen LogP contribution in [0.1, 0.15) is 11.1 Å². The third-order valence-corrected chi connectivity index (χ3v) is 4.99. The molecule has 2 heterocycles. The Morgan fingerprint density at radius 2 is 1.73 bits per heavy atom. The van der Waals surface area contributed by atoms with Crippen LogP contribution < -0.4 is 10.3 Å². The van der Waals surface area contributed by atoms with Gasteiger partial charge in [0, 0.05) is 37.6 Å². The zero-order valence-electron chi connectivity index (χ0n) is 18.6. The van der Waals surface area contributed by atoms with E-state index >= 15 is 0 Å². The molecule has 4 aromatic rings. The summed E-state index contributed by atoms with van der Waals surface area (Å²) in [4.78, 5) is 17.0. The predicted molar refractivity (Wildman–Crippen MR) is 123 cm³/mol. The van der Waals surface area contributed by atoms with Gasteiger partial charge in [0.15, 0.2) is 0 Å². The van der Waals surface area contributed by atoms with E-state index in [0.29, 0.717) is 43.6 Å². The molecule has 33 heavy (non-hydrogen) atoms. The zero-order valence-corrected chi connectivity index (χ0v) is 18.6. The normalized spacial score (nSPS) is 11.0. The van der Waals surface area contributed by atoms with E-state index in [0.717, 1.165) is 22.4 Å². The van der Waals surface area contributed by atoms with Gasteiger partial charge in [-0.25, -0.2) is 0 Å². The van der Waals surface area contributed by atoms with E-state index in [1.807, 2.05) is 48.5 Å². The van der Waals surface area contributed by atoms with Crippen molar-refractivity contribution in [3.8, 4) is 28.6 Å². The van der Waals surface area contributed by atoms with Gasteiger partial charge in [0.1, 0.15) is 12.4 Å². The van der Waals surface area contributed by atoms with Crippen LogP contribution in [0.25, 0.3) is 22.8 Å². The lowest BCUT2D eigenvalue weighted by molar-refractivity contribution is 0.146. The SMILES string of the molecule is COCCOc1cccc(Cn2cc(-c3noc(-c4ccc(COC)cc4)n3)ccc2=O)c1. The smallest absolute Gasteiger partial charge is 0.258 e. The van der Waals surface area contributed by atoms with Crippen LogP contribution in [0, 0.1) is 0 Å². The average molecular weight is 447 g/mol. The summed E-state index contributed by atoms with van der Waals surface area (Å²) < 4.78 is 22.9. The van der Waals surface area contributed by atoms with Gasteiger partial charge in [0.25, 0.3) is 11.4 Å². The molecular formula is C25H25N3O5. The van der Waals surface area contributed by atoms with E-state index in [4.69, 9.17) is 18.7 Å². The summed E-state index contributed by atoms with van der Waals surface area (Å²) in [7, 11) is 3.29. The summed E-state index contributed by atoms with van der Waals surface area (Å²) >= 11 is 0. The maximum absolute atomic E-state index is 12.5. The van der Waals surface area contributed by atoms with Crippen molar-refractivity contribution < 1.29 is 18.7 Å². The highest BCUT2D eigenvalue weighted by atomic mass is 16.5. The zero-order chi connectivity index (χ0) is 23.0. The first-order chi connectivity index (χ1) is 16.2. The van der Waals surface area contributed by atoms with Crippen LogP contribution in [0.2, 0.25) is 0 Å². The van der Waals surface area contributed by atoms with Crippen molar-refractivity contribution in [3.05, 3.63) is 88.3 Å². The number of benzene rings is 2. The van der Waals surface area contributed by atoms with Crippen LogP contribution in [0.5, 0.6) is 5.75 Å². The monoisotopic (exact) mass is 447 g/mol. The van der Waals surface area contributed by atoms with E-state index in [2.05, 4.69) is 10.1 Å². The first kappa shape index (κ1) is 22.4. The van der Waals surface area contributed by atoms with Crippen molar-refractivity contribution in [2.45, 2.75) is 13.2 Å². The van der Waals surface area contributed by atoms with Gasteiger partial charge in [-0.15, -0.1) is 0 Å². The molecule has 0 amide bonds. The number of rotatable bonds is 10. The van der Waals surface area contributed by atoms with Gasteiger partial charge in [-0.3, -0.25) is 4.79 Å². The maximum Gasteiger partial charge on any atom is 0.258 e. The molecule has 0 bridgehead atoms. The molecule has 2 aromatic carbocycles. The van der Waals surface area contributed by atoms with E-state index in [1.54, 1.807) is 31.0 Å². The predicted octanol–water partition coefficient (Wildman–Crippen LogP) is 3.79. The van der Waals surface area contributed by atoms with Crippen molar-refractivity contribution >= 4 is 0 Å². The lowest BCUT2D eigenvalue weighted by atomic mass is 10.1. The van der Waals surface area contributed by atoms with Gasteiger partial charge in [-0.2, -0.15) is 4.98 Å². The molecule has 0 saturated heterocycles. The Kier molecular flexibility index (Phi) is 7.29. The third-order valence-electron chi connectivity index (χ3n) is 4.99. The lowest BCUT2D eigenvalue weighted by Gasteiger charge is -2.10. The van der Waals surface area contributed by atoms with Gasteiger partial charge in [-0.05, 0) is 41.5 Å². The number of pyridine rings is 1. The van der Waals surface area contributed by atoms with Gasteiger partial charge in [0.2, 0.25) is 5.82 Å². The van der Waals surface area contributed by atoms with Crippen molar-refractivity contribution in [1.82, 2.24) is 14.7 Å². The molecule has 170 valence electrons. The molecule has 0 N–H and O–H groups in total. The second-order valence-corrected chi connectivity index (χ2v) is 7.43. The van der Waals surface area contributed by atoms with Gasteiger partial charge < -0.3 is 23.3 Å². The first-order valence-electron chi connectivity index (χ1n) is 10.5. The molecule has 8 nitrogen and oxygen atoms in total. The minimum absolute atomic E-state index is 0.123. The summed E-state index contributed by atoms with van der Waals surface area (Å²) in [5, 5.41) is 4.10. The molecule has 0 aliphatic heterocycles. The molecule has 0 fully saturated rings. The van der Waals surface area contributed by atoms with Crippen LogP contribution >= 0.6 is 0 Å². The highest BCUT2D eigenvalue weighted by molar-refractivity contribution is 5.59. The van der Waals surface area contributed by atoms with Crippen molar-refractivity contribution in [2.24, 2.45) is 0 Å². The first-order valence-corrected chi connectivity index (χ1v) is 10.5. The van der Waals surface area contributed by atoms with Crippen LogP contribution in [0.3, 0.4) is 0 Å². The average Bonchev–Trinajstić information content (AvgIpc) is 3.32. The molecule has 0 radical (unpaired) electrons.